The highest BCUT2D eigenvalue weighted by atomic mass is 16.5. The Morgan fingerprint density at radius 1 is 1.10 bits per heavy atom. The van der Waals surface area contributed by atoms with Crippen molar-refractivity contribution in [3.63, 3.8) is 0 Å². The maximum Gasteiger partial charge on any atom is 0.257 e. The summed E-state index contributed by atoms with van der Waals surface area (Å²) in [6, 6.07) is 14.9. The van der Waals surface area contributed by atoms with E-state index in [4.69, 9.17) is 0 Å². The first-order chi connectivity index (χ1) is 14.6. The highest BCUT2D eigenvalue weighted by molar-refractivity contribution is 5.97. The van der Waals surface area contributed by atoms with Crippen LogP contribution < -0.4 is 15.5 Å². The van der Waals surface area contributed by atoms with Gasteiger partial charge in [0.2, 0.25) is 17.8 Å². The summed E-state index contributed by atoms with van der Waals surface area (Å²) in [5, 5.41) is 12.8. The highest BCUT2D eigenvalue weighted by Gasteiger charge is 2.26. The summed E-state index contributed by atoms with van der Waals surface area (Å²) < 4.78 is 2.76. The monoisotopic (exact) mass is 399 g/mol. The number of aromatic nitrogens is 3. The zero-order valence-electron chi connectivity index (χ0n) is 16.0. The fourth-order valence-electron chi connectivity index (χ4n) is 3.46. The molecule has 4 aromatic rings. The Balaban J connectivity index is 1.67. The second-order valence-corrected chi connectivity index (χ2v) is 7.38. The van der Waals surface area contributed by atoms with Gasteiger partial charge in [-0.3, -0.25) is 14.8 Å². The molecular weight excluding hydrogens is 380 g/mol. The van der Waals surface area contributed by atoms with Crippen molar-refractivity contribution in [1.82, 2.24) is 14.9 Å². The molecule has 1 saturated carbocycles. The molecule has 2 N–H and O–H groups in total. The lowest BCUT2D eigenvalue weighted by atomic mass is 10.1. The molecule has 0 saturated heterocycles. The maximum absolute atomic E-state index is 12.9. The lowest BCUT2D eigenvalue weighted by Gasteiger charge is -2.14. The third-order valence-corrected chi connectivity index (χ3v) is 5.19. The van der Waals surface area contributed by atoms with Gasteiger partial charge >= 0.3 is 0 Å². The number of nitrogens with zero attached hydrogens (tertiary/aromatic N) is 3. The van der Waals surface area contributed by atoms with Gasteiger partial charge in [-0.05, 0) is 48.2 Å². The van der Waals surface area contributed by atoms with Crippen molar-refractivity contribution < 1.29 is 14.7 Å². The lowest BCUT2D eigenvalue weighted by molar-refractivity contribution is -0.904. The maximum atomic E-state index is 12.9. The predicted octanol–water partition coefficient (Wildman–Crippen LogP) is 2.47. The van der Waals surface area contributed by atoms with Gasteiger partial charge in [-0.2, -0.15) is 0 Å². The number of amides is 1. The van der Waals surface area contributed by atoms with E-state index in [-0.39, 0.29) is 22.9 Å². The molecule has 1 amide bonds. The number of carbonyl (C=O) groups excluding carboxylic acids is 1. The Kier molecular flexibility index (Phi) is 4.28. The molecule has 1 aliphatic carbocycles. The molecule has 148 valence electrons. The van der Waals surface area contributed by atoms with Crippen LogP contribution in [0.2, 0.25) is 0 Å². The zero-order valence-corrected chi connectivity index (χ0v) is 16.0. The van der Waals surface area contributed by atoms with E-state index in [9.17, 15) is 14.8 Å². The van der Waals surface area contributed by atoms with E-state index in [1.807, 2.05) is 24.3 Å². The quantitative estimate of drug-likeness (QED) is 0.408. The number of pyridine rings is 3. The number of fused-ring (bicyclic) bond motifs is 1. The summed E-state index contributed by atoms with van der Waals surface area (Å²) in [5.41, 5.74) is 2.90. The van der Waals surface area contributed by atoms with Gasteiger partial charge in [0.05, 0.1) is 5.39 Å². The lowest BCUT2D eigenvalue weighted by Crippen LogP contribution is -2.31. The molecule has 1 aliphatic rings. The molecule has 30 heavy (non-hydrogen) atoms. The minimum absolute atomic E-state index is 0.105. The minimum atomic E-state index is -0.353. The van der Waals surface area contributed by atoms with Crippen LogP contribution >= 0.6 is 0 Å². The SMILES string of the molecule is O=C(NC1CC1)c1cn(-c2cccc(-c3cc[n+](O)cc3)c2)c2ncccc2c1=O. The van der Waals surface area contributed by atoms with Crippen molar-refractivity contribution in [3.8, 4) is 16.8 Å². The number of benzene rings is 1. The van der Waals surface area contributed by atoms with Crippen molar-refractivity contribution in [2.45, 2.75) is 18.9 Å². The molecule has 3 heterocycles. The molecule has 0 spiro atoms. The van der Waals surface area contributed by atoms with E-state index < -0.39 is 0 Å². The summed E-state index contributed by atoms with van der Waals surface area (Å²) in [6.07, 6.45) is 8.20. The minimum Gasteiger partial charge on any atom is -0.349 e. The van der Waals surface area contributed by atoms with Crippen LogP contribution in [-0.2, 0) is 0 Å². The Hall–Kier alpha value is -4.00. The molecular formula is C23H19N4O3+. The molecule has 5 rings (SSSR count). The average Bonchev–Trinajstić information content (AvgIpc) is 3.59. The average molecular weight is 399 g/mol. The van der Waals surface area contributed by atoms with Crippen molar-refractivity contribution in [3.05, 3.63) is 89.1 Å². The molecule has 0 aliphatic heterocycles. The molecule has 3 aromatic heterocycles. The first kappa shape index (κ1) is 18.1. The predicted molar refractivity (Wildman–Crippen MR) is 111 cm³/mol. The van der Waals surface area contributed by atoms with E-state index >= 15 is 0 Å². The van der Waals surface area contributed by atoms with E-state index in [1.165, 1.54) is 0 Å². The van der Waals surface area contributed by atoms with Gasteiger partial charge in [0.15, 0.2) is 0 Å². The van der Waals surface area contributed by atoms with Crippen LogP contribution in [0.4, 0.5) is 0 Å². The Bertz CT molecular complexity index is 1320. The van der Waals surface area contributed by atoms with Crippen molar-refractivity contribution in [2.24, 2.45) is 0 Å². The van der Waals surface area contributed by atoms with Crippen molar-refractivity contribution >= 4 is 16.9 Å². The second kappa shape index (κ2) is 7.11. The fourth-order valence-corrected chi connectivity index (χ4v) is 3.46. The summed E-state index contributed by atoms with van der Waals surface area (Å²) in [7, 11) is 0. The van der Waals surface area contributed by atoms with Crippen LogP contribution in [0.25, 0.3) is 27.8 Å². The van der Waals surface area contributed by atoms with E-state index in [0.717, 1.165) is 34.4 Å². The third-order valence-electron chi connectivity index (χ3n) is 5.19. The van der Waals surface area contributed by atoms with Gasteiger partial charge in [-0.15, -0.1) is 0 Å². The summed E-state index contributed by atoms with van der Waals surface area (Å²) >= 11 is 0. The van der Waals surface area contributed by atoms with Crippen LogP contribution in [-0.4, -0.2) is 26.7 Å². The van der Waals surface area contributed by atoms with Gasteiger partial charge in [0.25, 0.3) is 5.91 Å². The third kappa shape index (κ3) is 3.30. The Morgan fingerprint density at radius 2 is 1.90 bits per heavy atom. The number of rotatable bonds is 4. The number of nitrogens with one attached hydrogen (secondary N) is 1. The van der Waals surface area contributed by atoms with Gasteiger partial charge in [-0.1, -0.05) is 12.1 Å². The first-order valence-electron chi connectivity index (χ1n) is 9.73. The largest absolute Gasteiger partial charge is 0.349 e. The van der Waals surface area contributed by atoms with Crippen LogP contribution in [0.1, 0.15) is 23.2 Å². The summed E-state index contributed by atoms with van der Waals surface area (Å²) in [4.78, 5) is 30.0. The normalized spacial score (nSPS) is 13.3. The van der Waals surface area contributed by atoms with E-state index in [2.05, 4.69) is 10.3 Å². The summed E-state index contributed by atoms with van der Waals surface area (Å²) in [6.45, 7) is 0. The number of carbonyl (C=O) groups is 1. The topological polar surface area (TPSA) is 88.1 Å². The fraction of sp³-hybridized carbons (Fsp3) is 0.130. The second-order valence-electron chi connectivity index (χ2n) is 7.38. The van der Waals surface area contributed by atoms with Gasteiger partial charge in [0, 0.05) is 41.0 Å². The Morgan fingerprint density at radius 3 is 2.67 bits per heavy atom. The van der Waals surface area contributed by atoms with Crippen LogP contribution in [0.3, 0.4) is 0 Å². The molecule has 0 bridgehead atoms. The zero-order chi connectivity index (χ0) is 20.7. The van der Waals surface area contributed by atoms with E-state index in [1.54, 1.807) is 53.6 Å². The molecule has 7 nitrogen and oxygen atoms in total. The molecule has 1 aromatic carbocycles. The molecule has 0 radical (unpaired) electrons. The van der Waals surface area contributed by atoms with Crippen LogP contribution in [0, 0.1) is 0 Å². The van der Waals surface area contributed by atoms with Gasteiger partial charge in [-0.25, -0.2) is 4.98 Å². The standard InChI is InChI=1S/C23H18N4O3/c28-21-19-5-2-10-24-22(19)27(14-20(21)23(29)25-17-6-7-17)18-4-1-3-16(13-18)15-8-11-26(30)12-9-15/h1-5,8-14,17H,6-7H2,(H-,25,29,30)/p+1. The molecule has 7 heteroatoms. The molecule has 1 fully saturated rings. The Labute approximate surface area is 171 Å². The van der Waals surface area contributed by atoms with Crippen LogP contribution in [0.5, 0.6) is 0 Å². The van der Waals surface area contributed by atoms with Gasteiger partial charge in [0.1, 0.15) is 11.2 Å². The number of hydrogen-bond acceptors (Lipinski definition) is 4. The number of hydrogen-bond donors (Lipinski definition) is 2. The summed E-state index contributed by atoms with van der Waals surface area (Å²) in [5.74, 6) is -0.353. The highest BCUT2D eigenvalue weighted by Crippen LogP contribution is 2.24. The van der Waals surface area contributed by atoms with E-state index in [0.29, 0.717) is 11.0 Å². The van der Waals surface area contributed by atoms with Gasteiger partial charge < -0.3 is 9.88 Å². The smallest absolute Gasteiger partial charge is 0.257 e. The van der Waals surface area contributed by atoms with Crippen molar-refractivity contribution in [2.75, 3.05) is 0 Å². The van der Waals surface area contributed by atoms with Crippen molar-refractivity contribution in [1.29, 1.82) is 0 Å². The molecule has 0 atom stereocenters. The molecule has 0 unspecified atom stereocenters. The van der Waals surface area contributed by atoms with Crippen LogP contribution in [0.15, 0.2) is 78.1 Å². The first-order valence-corrected chi connectivity index (χ1v) is 9.73.